The molecule has 1 saturated carbocycles. The molecule has 2 aromatic heterocycles. The van der Waals surface area contributed by atoms with Gasteiger partial charge < -0.3 is 15.2 Å². The SMILES string of the molecule is Cc1noc(C2CCC(NC(=O)C3(n4cccn4)CCNCC3)CC2)n1.Cl. The van der Waals surface area contributed by atoms with Crippen LogP contribution < -0.4 is 10.6 Å². The molecule has 1 aliphatic heterocycles. The fraction of sp³-hybridized carbons (Fsp3) is 0.667. The van der Waals surface area contributed by atoms with Crippen molar-refractivity contribution in [2.24, 2.45) is 0 Å². The van der Waals surface area contributed by atoms with Crippen LogP contribution in [0.25, 0.3) is 0 Å². The van der Waals surface area contributed by atoms with Gasteiger partial charge in [0, 0.05) is 24.4 Å². The minimum atomic E-state index is -0.574. The summed E-state index contributed by atoms with van der Waals surface area (Å²) in [5.41, 5.74) is -0.574. The predicted molar refractivity (Wildman–Crippen MR) is 102 cm³/mol. The van der Waals surface area contributed by atoms with E-state index in [-0.39, 0.29) is 24.4 Å². The first kappa shape index (κ1) is 19.8. The van der Waals surface area contributed by atoms with Crippen molar-refractivity contribution in [2.75, 3.05) is 13.1 Å². The van der Waals surface area contributed by atoms with Crippen LogP contribution in [0.5, 0.6) is 0 Å². The van der Waals surface area contributed by atoms with Crippen LogP contribution in [0.15, 0.2) is 23.0 Å². The maximum Gasteiger partial charge on any atom is 0.248 e. The smallest absolute Gasteiger partial charge is 0.248 e. The topological polar surface area (TPSA) is 97.9 Å². The number of piperidine rings is 1. The number of nitrogens with zero attached hydrogens (tertiary/aromatic N) is 4. The van der Waals surface area contributed by atoms with Crippen LogP contribution in [-0.2, 0) is 10.3 Å². The molecule has 1 amide bonds. The van der Waals surface area contributed by atoms with Crippen molar-refractivity contribution in [3.05, 3.63) is 30.2 Å². The molecule has 0 aromatic carbocycles. The number of aromatic nitrogens is 4. The highest BCUT2D eigenvalue weighted by Gasteiger charge is 2.43. The van der Waals surface area contributed by atoms with Gasteiger partial charge in [-0.3, -0.25) is 9.48 Å². The molecule has 0 radical (unpaired) electrons. The summed E-state index contributed by atoms with van der Waals surface area (Å²) in [6, 6.07) is 2.08. The van der Waals surface area contributed by atoms with Gasteiger partial charge in [0.15, 0.2) is 5.82 Å². The Morgan fingerprint density at radius 3 is 2.63 bits per heavy atom. The Kier molecular flexibility index (Phi) is 6.16. The molecule has 1 aliphatic carbocycles. The molecule has 4 rings (SSSR count). The third-order valence-electron chi connectivity index (χ3n) is 5.75. The quantitative estimate of drug-likeness (QED) is 0.822. The maximum absolute atomic E-state index is 13.2. The van der Waals surface area contributed by atoms with Gasteiger partial charge >= 0.3 is 0 Å². The Bertz CT molecular complexity index is 733. The number of hydrogen-bond donors (Lipinski definition) is 2. The molecule has 2 N–H and O–H groups in total. The fourth-order valence-electron chi connectivity index (χ4n) is 4.21. The number of aryl methyl sites for hydroxylation is 1. The van der Waals surface area contributed by atoms with E-state index in [1.54, 1.807) is 6.20 Å². The molecule has 9 heteroatoms. The second-order valence-electron chi connectivity index (χ2n) is 7.43. The molecule has 148 valence electrons. The van der Waals surface area contributed by atoms with Crippen LogP contribution in [0.2, 0.25) is 0 Å². The van der Waals surface area contributed by atoms with Crippen LogP contribution in [0.3, 0.4) is 0 Å². The largest absolute Gasteiger partial charge is 0.351 e. The molecule has 1 saturated heterocycles. The molecule has 0 spiro atoms. The van der Waals surface area contributed by atoms with Crippen LogP contribution in [0.1, 0.15) is 56.2 Å². The molecule has 2 aromatic rings. The molecule has 27 heavy (non-hydrogen) atoms. The number of rotatable bonds is 4. The molecule has 8 nitrogen and oxygen atoms in total. The molecule has 3 heterocycles. The lowest BCUT2D eigenvalue weighted by atomic mass is 9.83. The van der Waals surface area contributed by atoms with Crippen molar-refractivity contribution in [1.82, 2.24) is 30.6 Å². The van der Waals surface area contributed by atoms with Crippen LogP contribution in [-0.4, -0.2) is 45.0 Å². The Morgan fingerprint density at radius 2 is 2.04 bits per heavy atom. The molecular formula is C18H27ClN6O2. The van der Waals surface area contributed by atoms with E-state index in [1.807, 2.05) is 23.9 Å². The Morgan fingerprint density at radius 1 is 1.30 bits per heavy atom. The zero-order valence-corrected chi connectivity index (χ0v) is 16.4. The third kappa shape index (κ3) is 4.01. The summed E-state index contributed by atoms with van der Waals surface area (Å²) >= 11 is 0. The van der Waals surface area contributed by atoms with Gasteiger partial charge in [-0.05, 0) is 64.6 Å². The number of halogens is 1. The van der Waals surface area contributed by atoms with E-state index in [0.717, 1.165) is 57.5 Å². The number of carbonyl (C=O) groups is 1. The van der Waals surface area contributed by atoms with Crippen molar-refractivity contribution >= 4 is 18.3 Å². The van der Waals surface area contributed by atoms with E-state index in [1.165, 1.54) is 0 Å². The molecule has 0 atom stereocenters. The normalized spacial score (nSPS) is 24.8. The molecule has 0 unspecified atom stereocenters. The lowest BCUT2D eigenvalue weighted by molar-refractivity contribution is -0.133. The van der Waals surface area contributed by atoms with Gasteiger partial charge in [-0.25, -0.2) is 0 Å². The predicted octanol–water partition coefficient (Wildman–Crippen LogP) is 1.92. The Labute approximate surface area is 164 Å². The number of nitrogens with one attached hydrogen (secondary N) is 2. The number of amides is 1. The van der Waals surface area contributed by atoms with Crippen LogP contribution in [0.4, 0.5) is 0 Å². The molecule has 0 bridgehead atoms. The van der Waals surface area contributed by atoms with Gasteiger partial charge in [0.05, 0.1) is 0 Å². The van der Waals surface area contributed by atoms with Crippen molar-refractivity contribution < 1.29 is 9.32 Å². The number of hydrogen-bond acceptors (Lipinski definition) is 6. The summed E-state index contributed by atoms with van der Waals surface area (Å²) in [6.45, 7) is 3.50. The summed E-state index contributed by atoms with van der Waals surface area (Å²) < 4.78 is 7.16. The van der Waals surface area contributed by atoms with Gasteiger partial charge in [0.25, 0.3) is 0 Å². The molecule has 2 fully saturated rings. The monoisotopic (exact) mass is 394 g/mol. The average Bonchev–Trinajstić information content (AvgIpc) is 3.35. The lowest BCUT2D eigenvalue weighted by Gasteiger charge is -2.38. The minimum Gasteiger partial charge on any atom is -0.351 e. The summed E-state index contributed by atoms with van der Waals surface area (Å²) in [6.07, 6.45) is 8.96. The van der Waals surface area contributed by atoms with E-state index >= 15 is 0 Å². The summed E-state index contributed by atoms with van der Waals surface area (Å²) in [5, 5.41) is 14.9. The second kappa shape index (κ2) is 8.39. The van der Waals surface area contributed by atoms with Gasteiger partial charge in [-0.2, -0.15) is 10.1 Å². The van der Waals surface area contributed by atoms with Gasteiger partial charge in [0.2, 0.25) is 11.8 Å². The standard InChI is InChI=1S/C18H26N6O2.ClH/c1-13-21-16(26-23-13)14-3-5-15(6-4-14)22-17(25)18(7-10-19-11-8-18)24-12-2-9-20-24;/h2,9,12,14-15,19H,3-8,10-11H2,1H3,(H,22,25);1H. The van der Waals surface area contributed by atoms with Crippen molar-refractivity contribution in [2.45, 2.75) is 62.9 Å². The Balaban J connectivity index is 0.00000210. The highest BCUT2D eigenvalue weighted by Crippen LogP contribution is 2.33. The first-order valence-electron chi connectivity index (χ1n) is 9.49. The average molecular weight is 395 g/mol. The first-order chi connectivity index (χ1) is 12.7. The van der Waals surface area contributed by atoms with Gasteiger partial charge in [-0.15, -0.1) is 12.4 Å². The van der Waals surface area contributed by atoms with Crippen molar-refractivity contribution in [3.63, 3.8) is 0 Å². The van der Waals surface area contributed by atoms with Crippen LogP contribution >= 0.6 is 12.4 Å². The van der Waals surface area contributed by atoms with Crippen molar-refractivity contribution in [1.29, 1.82) is 0 Å². The second-order valence-corrected chi connectivity index (χ2v) is 7.43. The fourth-order valence-corrected chi connectivity index (χ4v) is 4.21. The van der Waals surface area contributed by atoms with E-state index in [0.29, 0.717) is 11.7 Å². The highest BCUT2D eigenvalue weighted by atomic mass is 35.5. The third-order valence-corrected chi connectivity index (χ3v) is 5.75. The first-order valence-corrected chi connectivity index (χ1v) is 9.49. The van der Waals surface area contributed by atoms with E-state index in [9.17, 15) is 4.79 Å². The van der Waals surface area contributed by atoms with E-state index < -0.39 is 5.54 Å². The summed E-state index contributed by atoms with van der Waals surface area (Å²) in [5.74, 6) is 1.82. The molecular weight excluding hydrogens is 368 g/mol. The maximum atomic E-state index is 13.2. The minimum absolute atomic E-state index is 0. The molecule has 2 aliphatic rings. The van der Waals surface area contributed by atoms with Gasteiger partial charge in [-0.1, -0.05) is 5.16 Å². The summed E-state index contributed by atoms with van der Waals surface area (Å²) in [4.78, 5) is 17.6. The van der Waals surface area contributed by atoms with Gasteiger partial charge in [0.1, 0.15) is 5.54 Å². The van der Waals surface area contributed by atoms with E-state index in [2.05, 4.69) is 25.9 Å². The van der Waals surface area contributed by atoms with Crippen LogP contribution in [0, 0.1) is 6.92 Å². The van der Waals surface area contributed by atoms with E-state index in [4.69, 9.17) is 4.52 Å². The Hall–Kier alpha value is -1.93. The van der Waals surface area contributed by atoms with Crippen molar-refractivity contribution in [3.8, 4) is 0 Å². The number of carbonyl (C=O) groups excluding carboxylic acids is 1. The highest BCUT2D eigenvalue weighted by molar-refractivity contribution is 5.85. The summed E-state index contributed by atoms with van der Waals surface area (Å²) in [7, 11) is 0. The zero-order valence-electron chi connectivity index (χ0n) is 15.6. The zero-order chi connectivity index (χ0) is 18.0. The lowest BCUT2D eigenvalue weighted by Crippen LogP contribution is -2.56.